The van der Waals surface area contributed by atoms with Crippen LogP contribution in [0.3, 0.4) is 0 Å². The lowest BCUT2D eigenvalue weighted by molar-refractivity contribution is 0.480. The Kier molecular flexibility index (Phi) is 3.43. The van der Waals surface area contributed by atoms with E-state index in [1.807, 2.05) is 0 Å². The molecule has 1 saturated heterocycles. The zero-order chi connectivity index (χ0) is 13.2. The van der Waals surface area contributed by atoms with Crippen molar-refractivity contribution in [2.45, 2.75) is 26.3 Å². The van der Waals surface area contributed by atoms with E-state index in [9.17, 15) is 0 Å². The van der Waals surface area contributed by atoms with Crippen molar-refractivity contribution >= 4 is 17.5 Å². The Balaban J connectivity index is 1.83. The number of aromatic amines is 1. The summed E-state index contributed by atoms with van der Waals surface area (Å²) in [6, 6.07) is 0.465. The highest BCUT2D eigenvalue weighted by Gasteiger charge is 2.21. The number of aryl methyl sites for hydroxylation is 1. The molecule has 0 amide bonds. The second-order valence-corrected chi connectivity index (χ2v) is 5.44. The third-order valence-corrected chi connectivity index (χ3v) is 4.01. The second kappa shape index (κ2) is 5.22. The molecule has 0 unspecified atom stereocenters. The van der Waals surface area contributed by atoms with Gasteiger partial charge >= 0.3 is 0 Å². The average Bonchev–Trinajstić information content (AvgIpc) is 3.07. The number of rotatable bonds is 3. The lowest BCUT2D eigenvalue weighted by atomic mass is 10.2. The molecule has 1 atom stereocenters. The van der Waals surface area contributed by atoms with E-state index >= 15 is 0 Å². The van der Waals surface area contributed by atoms with Gasteiger partial charge in [-0.05, 0) is 24.9 Å². The highest BCUT2D eigenvalue weighted by Crippen LogP contribution is 2.24. The topological polar surface area (TPSA) is 82.6 Å². The molecule has 0 spiro atoms. The van der Waals surface area contributed by atoms with Gasteiger partial charge in [-0.15, -0.1) is 10.2 Å². The van der Waals surface area contributed by atoms with E-state index in [0.717, 1.165) is 48.4 Å². The van der Waals surface area contributed by atoms with E-state index in [4.69, 9.17) is 0 Å². The Labute approximate surface area is 115 Å². The van der Waals surface area contributed by atoms with Gasteiger partial charge in [0.25, 0.3) is 0 Å². The van der Waals surface area contributed by atoms with Crippen molar-refractivity contribution in [1.29, 1.82) is 0 Å². The van der Waals surface area contributed by atoms with Crippen LogP contribution in [0, 0.1) is 0 Å². The van der Waals surface area contributed by atoms with Crippen LogP contribution < -0.4 is 10.2 Å². The Morgan fingerprint density at radius 3 is 3.16 bits per heavy atom. The van der Waals surface area contributed by atoms with Gasteiger partial charge in [0.1, 0.15) is 4.88 Å². The van der Waals surface area contributed by atoms with Gasteiger partial charge in [0.05, 0.1) is 5.69 Å². The molecule has 2 N–H and O–H groups in total. The molecule has 3 rings (SSSR count). The summed E-state index contributed by atoms with van der Waals surface area (Å²) in [6.07, 6.45) is 0.854. The van der Waals surface area contributed by atoms with Crippen LogP contribution in [-0.4, -0.2) is 50.4 Å². The minimum atomic E-state index is 0.465. The van der Waals surface area contributed by atoms with Crippen LogP contribution in [-0.2, 0) is 6.42 Å². The molecule has 0 aliphatic carbocycles. The molecule has 2 aromatic heterocycles. The molecule has 8 heteroatoms. The molecule has 0 aromatic carbocycles. The molecule has 1 aliphatic rings. The van der Waals surface area contributed by atoms with Crippen molar-refractivity contribution in [1.82, 2.24) is 30.1 Å². The van der Waals surface area contributed by atoms with Crippen molar-refractivity contribution < 1.29 is 0 Å². The van der Waals surface area contributed by atoms with E-state index < -0.39 is 0 Å². The monoisotopic (exact) mass is 279 g/mol. The Morgan fingerprint density at radius 2 is 2.37 bits per heavy atom. The van der Waals surface area contributed by atoms with Crippen molar-refractivity contribution in [3.05, 3.63) is 5.69 Å². The van der Waals surface area contributed by atoms with E-state index in [1.54, 1.807) is 0 Å². The molecular formula is C11H17N7S. The van der Waals surface area contributed by atoms with Crippen LogP contribution in [0.15, 0.2) is 0 Å². The largest absolute Gasteiger partial charge is 0.337 e. The molecule has 3 heterocycles. The zero-order valence-corrected chi connectivity index (χ0v) is 11.9. The fraction of sp³-hybridized carbons (Fsp3) is 0.636. The maximum atomic E-state index is 4.58. The highest BCUT2D eigenvalue weighted by molar-refractivity contribution is 7.09. The molecule has 102 valence electrons. The van der Waals surface area contributed by atoms with Gasteiger partial charge in [-0.1, -0.05) is 11.4 Å². The first kappa shape index (κ1) is 12.5. The van der Waals surface area contributed by atoms with Crippen LogP contribution in [0.2, 0.25) is 0 Å². The summed E-state index contributed by atoms with van der Waals surface area (Å²) in [4.78, 5) is 7.77. The summed E-state index contributed by atoms with van der Waals surface area (Å²) >= 11 is 1.36. The Bertz CT molecular complexity index is 549. The molecule has 0 bridgehead atoms. The number of aromatic nitrogens is 5. The van der Waals surface area contributed by atoms with Gasteiger partial charge in [-0.25, -0.2) is 0 Å². The lowest BCUT2D eigenvalue weighted by Crippen LogP contribution is -2.49. The number of piperazine rings is 1. The molecule has 0 saturated carbocycles. The molecule has 1 aliphatic heterocycles. The first-order valence-corrected chi connectivity index (χ1v) is 7.27. The van der Waals surface area contributed by atoms with Gasteiger partial charge in [0, 0.05) is 25.7 Å². The summed E-state index contributed by atoms with van der Waals surface area (Å²) in [5.41, 5.74) is 0.973. The summed E-state index contributed by atoms with van der Waals surface area (Å²) in [5.74, 6) is 1.53. The minimum Gasteiger partial charge on any atom is -0.337 e. The molecule has 19 heavy (non-hydrogen) atoms. The van der Waals surface area contributed by atoms with Gasteiger partial charge in [0.15, 0.2) is 5.82 Å². The second-order valence-electron chi connectivity index (χ2n) is 4.69. The average molecular weight is 279 g/mol. The van der Waals surface area contributed by atoms with Crippen molar-refractivity contribution in [2.24, 2.45) is 0 Å². The molecule has 1 fully saturated rings. The SMILES string of the molecule is CCc1nnsc1-c1nc(N2CCN[C@@H](C)C2)n[nH]1. The number of H-pyrrole nitrogens is 1. The van der Waals surface area contributed by atoms with Crippen LogP contribution >= 0.6 is 11.5 Å². The lowest BCUT2D eigenvalue weighted by Gasteiger charge is -2.30. The van der Waals surface area contributed by atoms with Crippen LogP contribution in [0.4, 0.5) is 5.95 Å². The summed E-state index contributed by atoms with van der Waals surface area (Å²) in [6.45, 7) is 7.06. The smallest absolute Gasteiger partial charge is 0.245 e. The van der Waals surface area contributed by atoms with Gasteiger partial charge in [-0.3, -0.25) is 5.10 Å². The summed E-state index contributed by atoms with van der Waals surface area (Å²) in [5, 5.41) is 14.8. The molecule has 2 aromatic rings. The fourth-order valence-corrected chi connectivity index (χ4v) is 2.92. The fourth-order valence-electron chi connectivity index (χ4n) is 2.23. The maximum absolute atomic E-state index is 4.58. The van der Waals surface area contributed by atoms with E-state index in [2.05, 4.69) is 48.8 Å². The standard InChI is InChI=1S/C11H17N7S/c1-3-8-9(19-17-14-8)10-13-11(16-15-10)18-5-4-12-7(2)6-18/h7,12H,3-6H2,1-2H3,(H,13,15,16)/t7-/m0/s1. The van der Waals surface area contributed by atoms with Crippen LogP contribution in [0.5, 0.6) is 0 Å². The third-order valence-electron chi connectivity index (χ3n) is 3.23. The predicted octanol–water partition coefficient (Wildman–Crippen LogP) is 0.684. The molecule has 7 nitrogen and oxygen atoms in total. The first-order chi connectivity index (χ1) is 9.28. The van der Waals surface area contributed by atoms with Crippen molar-refractivity contribution in [2.75, 3.05) is 24.5 Å². The van der Waals surface area contributed by atoms with Crippen LogP contribution in [0.1, 0.15) is 19.5 Å². The minimum absolute atomic E-state index is 0.465. The van der Waals surface area contributed by atoms with Crippen molar-refractivity contribution in [3.8, 4) is 10.7 Å². The Morgan fingerprint density at radius 1 is 1.47 bits per heavy atom. The highest BCUT2D eigenvalue weighted by atomic mass is 32.1. The van der Waals surface area contributed by atoms with E-state index in [1.165, 1.54) is 11.5 Å². The molecular weight excluding hydrogens is 262 g/mol. The van der Waals surface area contributed by atoms with Gasteiger partial charge in [0.2, 0.25) is 5.95 Å². The summed E-state index contributed by atoms with van der Waals surface area (Å²) in [7, 11) is 0. The summed E-state index contributed by atoms with van der Waals surface area (Å²) < 4.78 is 3.98. The zero-order valence-electron chi connectivity index (χ0n) is 11.1. The normalized spacial score (nSPS) is 19.9. The maximum Gasteiger partial charge on any atom is 0.245 e. The van der Waals surface area contributed by atoms with E-state index in [0.29, 0.717) is 6.04 Å². The van der Waals surface area contributed by atoms with Gasteiger partial charge in [-0.2, -0.15) is 4.98 Å². The Hall–Kier alpha value is -1.54. The first-order valence-electron chi connectivity index (χ1n) is 6.50. The predicted molar refractivity (Wildman–Crippen MR) is 74.3 cm³/mol. The number of nitrogens with one attached hydrogen (secondary N) is 2. The number of hydrogen-bond acceptors (Lipinski definition) is 7. The van der Waals surface area contributed by atoms with Crippen molar-refractivity contribution in [3.63, 3.8) is 0 Å². The molecule has 0 radical (unpaired) electrons. The number of hydrogen-bond donors (Lipinski definition) is 2. The third kappa shape index (κ3) is 2.45. The number of nitrogens with zero attached hydrogens (tertiary/aromatic N) is 5. The quantitative estimate of drug-likeness (QED) is 0.860. The van der Waals surface area contributed by atoms with Gasteiger partial charge < -0.3 is 10.2 Å². The van der Waals surface area contributed by atoms with E-state index in [-0.39, 0.29) is 0 Å². The number of anilines is 1. The van der Waals surface area contributed by atoms with Crippen LogP contribution in [0.25, 0.3) is 10.7 Å².